The number of amides is 1. The minimum atomic E-state index is 0.111. The summed E-state index contributed by atoms with van der Waals surface area (Å²) in [4.78, 5) is 20.6. The molecule has 3 heterocycles. The number of hydrogen-bond donors (Lipinski definition) is 0. The van der Waals surface area contributed by atoms with Crippen molar-refractivity contribution in [3.05, 3.63) is 23.9 Å². The Bertz CT molecular complexity index is 570. The summed E-state index contributed by atoms with van der Waals surface area (Å²) in [5.74, 6) is 0.996. The van der Waals surface area contributed by atoms with Gasteiger partial charge in [-0.25, -0.2) is 4.98 Å². The highest BCUT2D eigenvalue weighted by Crippen LogP contribution is 2.18. The van der Waals surface area contributed by atoms with Crippen molar-refractivity contribution in [1.29, 1.82) is 5.26 Å². The van der Waals surface area contributed by atoms with Gasteiger partial charge in [0.1, 0.15) is 5.82 Å². The van der Waals surface area contributed by atoms with E-state index in [1.807, 2.05) is 4.90 Å². The van der Waals surface area contributed by atoms with E-state index in [9.17, 15) is 4.79 Å². The molecule has 116 valence electrons. The molecule has 1 amide bonds. The lowest BCUT2D eigenvalue weighted by Crippen LogP contribution is -2.49. The maximum absolute atomic E-state index is 12.3. The van der Waals surface area contributed by atoms with Crippen LogP contribution in [0.4, 0.5) is 5.82 Å². The van der Waals surface area contributed by atoms with Crippen molar-refractivity contribution in [2.75, 3.05) is 37.7 Å². The third-order valence-corrected chi connectivity index (χ3v) is 4.26. The SMILES string of the molecule is N#Cc1ccnc(N2CCN(C(=O)CC3CCCO3)CC2)c1. The molecule has 2 aliphatic heterocycles. The van der Waals surface area contributed by atoms with Crippen LogP contribution in [0.3, 0.4) is 0 Å². The molecule has 0 N–H and O–H groups in total. The van der Waals surface area contributed by atoms with Crippen molar-refractivity contribution in [2.24, 2.45) is 0 Å². The first-order valence-electron chi connectivity index (χ1n) is 7.77. The zero-order valence-electron chi connectivity index (χ0n) is 12.6. The normalized spacial score (nSPS) is 21.7. The monoisotopic (exact) mass is 300 g/mol. The Morgan fingerprint density at radius 1 is 1.41 bits per heavy atom. The van der Waals surface area contributed by atoms with Crippen molar-refractivity contribution in [2.45, 2.75) is 25.4 Å². The fourth-order valence-corrected chi connectivity index (χ4v) is 2.98. The van der Waals surface area contributed by atoms with Crippen molar-refractivity contribution in [3.8, 4) is 6.07 Å². The summed E-state index contributed by atoms with van der Waals surface area (Å²) in [5, 5.41) is 8.95. The van der Waals surface area contributed by atoms with Gasteiger partial charge < -0.3 is 14.5 Å². The number of nitrogens with zero attached hydrogens (tertiary/aromatic N) is 4. The van der Waals surface area contributed by atoms with Gasteiger partial charge in [-0.3, -0.25) is 4.79 Å². The van der Waals surface area contributed by atoms with Gasteiger partial charge in [-0.2, -0.15) is 5.26 Å². The quantitative estimate of drug-likeness (QED) is 0.838. The first kappa shape index (κ1) is 14.8. The van der Waals surface area contributed by atoms with Crippen molar-refractivity contribution in [3.63, 3.8) is 0 Å². The van der Waals surface area contributed by atoms with Crippen LogP contribution in [0.5, 0.6) is 0 Å². The standard InChI is InChI=1S/C16H20N4O2/c17-12-13-3-4-18-15(10-13)19-5-7-20(8-6-19)16(21)11-14-2-1-9-22-14/h3-4,10,14H,1-2,5-9,11H2. The minimum Gasteiger partial charge on any atom is -0.378 e. The summed E-state index contributed by atoms with van der Waals surface area (Å²) < 4.78 is 5.53. The number of rotatable bonds is 3. The van der Waals surface area contributed by atoms with Gasteiger partial charge in [-0.1, -0.05) is 0 Å². The second kappa shape index (κ2) is 6.75. The van der Waals surface area contributed by atoms with E-state index in [2.05, 4.69) is 16.0 Å². The summed E-state index contributed by atoms with van der Waals surface area (Å²) in [6.07, 6.45) is 4.33. The predicted molar refractivity (Wildman–Crippen MR) is 81.3 cm³/mol. The number of nitriles is 1. The maximum atomic E-state index is 12.3. The molecule has 1 aromatic heterocycles. The van der Waals surface area contributed by atoms with E-state index in [0.717, 1.165) is 38.4 Å². The summed E-state index contributed by atoms with van der Waals surface area (Å²) in [7, 11) is 0. The molecule has 6 heteroatoms. The lowest BCUT2D eigenvalue weighted by molar-refractivity contribution is -0.133. The van der Waals surface area contributed by atoms with E-state index in [4.69, 9.17) is 10.00 Å². The number of piperazine rings is 1. The van der Waals surface area contributed by atoms with Gasteiger partial charge in [-0.15, -0.1) is 0 Å². The first-order chi connectivity index (χ1) is 10.8. The lowest BCUT2D eigenvalue weighted by Gasteiger charge is -2.35. The summed E-state index contributed by atoms with van der Waals surface area (Å²) in [6.45, 7) is 3.68. The molecule has 0 saturated carbocycles. The zero-order valence-corrected chi connectivity index (χ0v) is 12.6. The third-order valence-electron chi connectivity index (χ3n) is 4.26. The molecule has 22 heavy (non-hydrogen) atoms. The van der Waals surface area contributed by atoms with Crippen LogP contribution in [0.25, 0.3) is 0 Å². The molecule has 2 saturated heterocycles. The number of carbonyl (C=O) groups is 1. The number of pyridine rings is 1. The summed E-state index contributed by atoms with van der Waals surface area (Å²) in [5.41, 5.74) is 0.613. The van der Waals surface area contributed by atoms with E-state index in [-0.39, 0.29) is 12.0 Å². The lowest BCUT2D eigenvalue weighted by atomic mass is 10.1. The van der Waals surface area contributed by atoms with E-state index in [1.54, 1.807) is 18.3 Å². The van der Waals surface area contributed by atoms with Crippen LogP contribution in [0.1, 0.15) is 24.8 Å². The first-order valence-corrected chi connectivity index (χ1v) is 7.77. The van der Waals surface area contributed by atoms with E-state index < -0.39 is 0 Å². The number of anilines is 1. The van der Waals surface area contributed by atoms with E-state index >= 15 is 0 Å². The molecule has 0 bridgehead atoms. The Morgan fingerprint density at radius 3 is 2.91 bits per heavy atom. The number of hydrogen-bond acceptors (Lipinski definition) is 5. The van der Waals surface area contributed by atoms with Gasteiger partial charge in [0.2, 0.25) is 5.91 Å². The van der Waals surface area contributed by atoms with Crippen LogP contribution in [-0.4, -0.2) is 54.7 Å². The fourth-order valence-electron chi connectivity index (χ4n) is 2.98. The Balaban J connectivity index is 1.53. The molecular formula is C16H20N4O2. The summed E-state index contributed by atoms with van der Waals surface area (Å²) >= 11 is 0. The molecule has 1 aromatic rings. The molecule has 6 nitrogen and oxygen atoms in total. The van der Waals surface area contributed by atoms with Crippen molar-refractivity contribution in [1.82, 2.24) is 9.88 Å². The number of aromatic nitrogens is 1. The molecule has 0 aliphatic carbocycles. The molecule has 0 radical (unpaired) electrons. The molecule has 1 unspecified atom stereocenters. The Labute approximate surface area is 130 Å². The van der Waals surface area contributed by atoms with Crippen LogP contribution in [-0.2, 0) is 9.53 Å². The highest BCUT2D eigenvalue weighted by Gasteiger charge is 2.26. The van der Waals surface area contributed by atoms with Gasteiger partial charge in [0.15, 0.2) is 0 Å². The highest BCUT2D eigenvalue weighted by atomic mass is 16.5. The Hall–Kier alpha value is -2.13. The zero-order chi connectivity index (χ0) is 15.4. The van der Waals surface area contributed by atoms with Crippen molar-refractivity contribution < 1.29 is 9.53 Å². The third kappa shape index (κ3) is 3.37. The predicted octanol–water partition coefficient (Wildman–Crippen LogP) is 1.17. The maximum Gasteiger partial charge on any atom is 0.225 e. The van der Waals surface area contributed by atoms with Crippen LogP contribution < -0.4 is 4.90 Å². The minimum absolute atomic E-state index is 0.111. The highest BCUT2D eigenvalue weighted by molar-refractivity contribution is 5.77. The van der Waals surface area contributed by atoms with Crippen LogP contribution in [0.2, 0.25) is 0 Å². The number of carbonyl (C=O) groups excluding carboxylic acids is 1. The van der Waals surface area contributed by atoms with Crippen LogP contribution in [0, 0.1) is 11.3 Å². The Morgan fingerprint density at radius 2 is 2.23 bits per heavy atom. The fraction of sp³-hybridized carbons (Fsp3) is 0.562. The smallest absolute Gasteiger partial charge is 0.225 e. The average Bonchev–Trinajstić information content (AvgIpc) is 3.08. The topological polar surface area (TPSA) is 69.5 Å². The van der Waals surface area contributed by atoms with Gasteiger partial charge >= 0.3 is 0 Å². The molecule has 3 rings (SSSR count). The largest absolute Gasteiger partial charge is 0.378 e. The molecular weight excluding hydrogens is 280 g/mol. The van der Waals surface area contributed by atoms with Crippen LogP contribution >= 0.6 is 0 Å². The molecule has 2 fully saturated rings. The van der Waals surface area contributed by atoms with E-state index in [1.165, 1.54) is 0 Å². The Kier molecular flexibility index (Phi) is 4.54. The molecule has 2 aliphatic rings. The second-order valence-electron chi connectivity index (χ2n) is 5.72. The van der Waals surface area contributed by atoms with Gasteiger partial charge in [0.25, 0.3) is 0 Å². The molecule has 1 atom stereocenters. The molecule has 0 spiro atoms. The van der Waals surface area contributed by atoms with Gasteiger partial charge in [0.05, 0.1) is 24.2 Å². The number of ether oxygens (including phenoxy) is 1. The van der Waals surface area contributed by atoms with Crippen molar-refractivity contribution >= 4 is 11.7 Å². The van der Waals surface area contributed by atoms with Crippen LogP contribution in [0.15, 0.2) is 18.3 Å². The summed E-state index contributed by atoms with van der Waals surface area (Å²) in [6, 6.07) is 5.62. The van der Waals surface area contributed by atoms with Gasteiger partial charge in [0, 0.05) is 39.0 Å². The van der Waals surface area contributed by atoms with E-state index in [0.29, 0.717) is 25.1 Å². The average molecular weight is 300 g/mol. The molecule has 0 aromatic carbocycles. The second-order valence-corrected chi connectivity index (χ2v) is 5.72. The van der Waals surface area contributed by atoms with Gasteiger partial charge in [-0.05, 0) is 25.0 Å².